The Labute approximate surface area is 131 Å². The molecule has 1 amide bonds. The number of amides is 1. The van der Waals surface area contributed by atoms with Crippen LogP contribution >= 0.6 is 0 Å². The number of hydrogen-bond acceptors (Lipinski definition) is 2. The second kappa shape index (κ2) is 6.60. The van der Waals surface area contributed by atoms with Gasteiger partial charge in [0, 0.05) is 11.6 Å². The zero-order chi connectivity index (χ0) is 15.4. The van der Waals surface area contributed by atoms with Crippen LogP contribution in [0.4, 0.5) is 5.82 Å². The van der Waals surface area contributed by atoms with Crippen LogP contribution in [-0.4, -0.2) is 37.0 Å². The van der Waals surface area contributed by atoms with E-state index in [9.17, 15) is 4.79 Å². The lowest BCUT2D eigenvalue weighted by atomic mass is 10.1. The average Bonchev–Trinajstić information content (AvgIpc) is 2.62. The number of carbonyl (C=O) groups is 1. The number of rotatable bonds is 3. The van der Waals surface area contributed by atoms with Gasteiger partial charge < -0.3 is 4.90 Å². The summed E-state index contributed by atoms with van der Waals surface area (Å²) in [7, 11) is 0. The number of aryl methyl sites for hydroxylation is 1. The summed E-state index contributed by atoms with van der Waals surface area (Å²) in [6.45, 7) is 5.36. The van der Waals surface area contributed by atoms with E-state index in [4.69, 9.17) is 0 Å². The van der Waals surface area contributed by atoms with Crippen LogP contribution in [0.15, 0.2) is 48.7 Å². The van der Waals surface area contributed by atoms with Crippen LogP contribution < -0.4 is 9.88 Å². The van der Waals surface area contributed by atoms with E-state index in [-0.39, 0.29) is 5.91 Å². The predicted octanol–water partition coefficient (Wildman–Crippen LogP) is 2.03. The molecule has 22 heavy (non-hydrogen) atoms. The lowest BCUT2D eigenvalue weighted by molar-refractivity contribution is -0.364. The summed E-state index contributed by atoms with van der Waals surface area (Å²) in [4.78, 5) is 20.0. The fourth-order valence-electron chi connectivity index (χ4n) is 2.80. The van der Waals surface area contributed by atoms with E-state index < -0.39 is 0 Å². The van der Waals surface area contributed by atoms with E-state index in [0.717, 1.165) is 44.0 Å². The molecule has 0 spiro atoms. The van der Waals surface area contributed by atoms with Gasteiger partial charge in [0.25, 0.3) is 11.7 Å². The molecule has 1 aromatic carbocycles. The summed E-state index contributed by atoms with van der Waals surface area (Å²) < 4.78 is 0. The fraction of sp³-hybridized carbons (Fsp3) is 0.333. The molecule has 2 heterocycles. The first kappa shape index (κ1) is 14.6. The van der Waals surface area contributed by atoms with Gasteiger partial charge >= 0.3 is 0 Å². The van der Waals surface area contributed by atoms with Crippen molar-refractivity contribution in [2.24, 2.45) is 0 Å². The Kier molecular flexibility index (Phi) is 4.37. The van der Waals surface area contributed by atoms with Crippen LogP contribution in [0.1, 0.15) is 22.8 Å². The van der Waals surface area contributed by atoms with Crippen LogP contribution in [0.2, 0.25) is 0 Å². The van der Waals surface area contributed by atoms with Crippen molar-refractivity contribution >= 4 is 11.7 Å². The Morgan fingerprint density at radius 3 is 2.36 bits per heavy atom. The second-order valence-corrected chi connectivity index (χ2v) is 5.58. The number of aromatic nitrogens is 1. The Morgan fingerprint density at radius 2 is 1.77 bits per heavy atom. The van der Waals surface area contributed by atoms with Gasteiger partial charge in [0.05, 0.1) is 19.3 Å². The molecule has 3 rings (SSSR count). The zero-order valence-corrected chi connectivity index (χ0v) is 13.0. The molecule has 1 aliphatic heterocycles. The Hall–Kier alpha value is -2.36. The smallest absolute Gasteiger partial charge is 0.274 e. The average molecular weight is 296 g/mol. The quantitative estimate of drug-likeness (QED) is 0.869. The van der Waals surface area contributed by atoms with Gasteiger partial charge in [-0.2, -0.15) is 0 Å². The van der Waals surface area contributed by atoms with Crippen molar-refractivity contribution in [2.75, 3.05) is 31.1 Å². The summed E-state index contributed by atoms with van der Waals surface area (Å²) >= 11 is 0. The predicted molar refractivity (Wildman–Crippen MR) is 86.9 cm³/mol. The number of anilines is 1. The van der Waals surface area contributed by atoms with Crippen molar-refractivity contribution in [3.63, 3.8) is 0 Å². The van der Waals surface area contributed by atoms with Gasteiger partial charge in [-0.25, -0.2) is 4.98 Å². The van der Waals surface area contributed by atoms with Gasteiger partial charge in [0.1, 0.15) is 13.1 Å². The molecule has 1 aliphatic rings. The number of nitrogens with zero attached hydrogens (tertiary/aromatic N) is 2. The highest BCUT2D eigenvalue weighted by Gasteiger charge is 2.26. The topological polar surface area (TPSA) is 37.7 Å². The zero-order valence-electron chi connectivity index (χ0n) is 13.0. The maximum Gasteiger partial charge on any atom is 0.274 e. The Bertz CT molecular complexity index is 617. The van der Waals surface area contributed by atoms with Crippen LogP contribution in [0.25, 0.3) is 0 Å². The molecule has 4 nitrogen and oxygen atoms in total. The maximum absolute atomic E-state index is 12.5. The number of aromatic amines is 1. The van der Waals surface area contributed by atoms with Crippen molar-refractivity contribution in [1.29, 1.82) is 0 Å². The molecule has 1 fully saturated rings. The van der Waals surface area contributed by atoms with Crippen LogP contribution in [0.5, 0.6) is 0 Å². The van der Waals surface area contributed by atoms with Gasteiger partial charge in [-0.05, 0) is 30.2 Å². The van der Waals surface area contributed by atoms with Crippen molar-refractivity contribution in [3.8, 4) is 0 Å². The van der Waals surface area contributed by atoms with E-state index in [0.29, 0.717) is 0 Å². The number of hydrogen-bond donors (Lipinski definition) is 0. The number of piperazine rings is 1. The standard InChI is InChI=1S/C18H21N3O/c1-2-15-6-8-16(9-7-15)18(22)21-13-11-20(12-14-21)17-5-3-4-10-19-17/h3-10H,2,11-14H2,1H3/p+1. The van der Waals surface area contributed by atoms with Crippen LogP contribution in [-0.2, 0) is 6.42 Å². The number of nitrogens with one attached hydrogen (secondary N) is 1. The largest absolute Gasteiger partial charge is 0.331 e. The maximum atomic E-state index is 12.5. The van der Waals surface area contributed by atoms with E-state index in [2.05, 4.69) is 22.9 Å². The number of carbonyl (C=O) groups excluding carboxylic acids is 1. The van der Waals surface area contributed by atoms with Gasteiger partial charge in [0.15, 0.2) is 0 Å². The summed E-state index contributed by atoms with van der Waals surface area (Å²) in [5.74, 6) is 1.25. The van der Waals surface area contributed by atoms with Crippen molar-refractivity contribution in [2.45, 2.75) is 13.3 Å². The van der Waals surface area contributed by atoms with E-state index in [1.165, 1.54) is 5.56 Å². The van der Waals surface area contributed by atoms with E-state index >= 15 is 0 Å². The molecule has 1 saturated heterocycles. The van der Waals surface area contributed by atoms with Gasteiger partial charge in [-0.1, -0.05) is 25.1 Å². The minimum absolute atomic E-state index is 0.138. The van der Waals surface area contributed by atoms with Crippen molar-refractivity contribution < 1.29 is 9.78 Å². The SMILES string of the molecule is CCc1ccc(C(=O)N2CCN(c3cccc[nH+]3)CC2)cc1. The van der Waals surface area contributed by atoms with Gasteiger partial charge in [-0.3, -0.25) is 9.69 Å². The number of benzene rings is 1. The monoisotopic (exact) mass is 296 g/mol. The normalized spacial score (nSPS) is 15.0. The third-order valence-electron chi connectivity index (χ3n) is 4.21. The van der Waals surface area contributed by atoms with Crippen LogP contribution in [0.3, 0.4) is 0 Å². The highest BCUT2D eigenvalue weighted by molar-refractivity contribution is 5.94. The van der Waals surface area contributed by atoms with Gasteiger partial charge in [-0.15, -0.1) is 0 Å². The lowest BCUT2D eigenvalue weighted by Crippen LogP contribution is -2.50. The van der Waals surface area contributed by atoms with Crippen molar-refractivity contribution in [3.05, 3.63) is 59.8 Å². The summed E-state index contributed by atoms with van der Waals surface area (Å²) in [6.07, 6.45) is 2.93. The minimum atomic E-state index is 0.138. The first-order chi connectivity index (χ1) is 10.8. The Morgan fingerprint density at radius 1 is 1.05 bits per heavy atom. The first-order valence-electron chi connectivity index (χ1n) is 7.88. The number of pyridine rings is 1. The van der Waals surface area contributed by atoms with Crippen LogP contribution in [0, 0.1) is 0 Å². The number of H-pyrrole nitrogens is 1. The lowest BCUT2D eigenvalue weighted by Gasteiger charge is -2.31. The minimum Gasteiger partial charge on any atom is -0.331 e. The highest BCUT2D eigenvalue weighted by atomic mass is 16.2. The third kappa shape index (κ3) is 3.11. The second-order valence-electron chi connectivity index (χ2n) is 5.58. The van der Waals surface area contributed by atoms with Gasteiger partial charge in [0.2, 0.25) is 0 Å². The molecule has 1 aromatic heterocycles. The molecule has 1 N–H and O–H groups in total. The molecule has 2 aromatic rings. The molecular weight excluding hydrogens is 274 g/mol. The molecule has 0 radical (unpaired) electrons. The molecule has 0 unspecified atom stereocenters. The molecular formula is C18H22N3O+. The molecule has 0 atom stereocenters. The first-order valence-corrected chi connectivity index (χ1v) is 7.88. The molecule has 4 heteroatoms. The van der Waals surface area contributed by atoms with Crippen molar-refractivity contribution in [1.82, 2.24) is 4.90 Å². The molecule has 0 bridgehead atoms. The third-order valence-corrected chi connectivity index (χ3v) is 4.21. The molecule has 0 saturated carbocycles. The highest BCUT2D eigenvalue weighted by Crippen LogP contribution is 2.13. The van der Waals surface area contributed by atoms with E-state index in [1.54, 1.807) is 0 Å². The Balaban J connectivity index is 1.62. The summed E-state index contributed by atoms with van der Waals surface area (Å²) in [5, 5.41) is 0. The fourth-order valence-corrected chi connectivity index (χ4v) is 2.80. The molecule has 114 valence electrons. The summed E-state index contributed by atoms with van der Waals surface area (Å²) in [5.41, 5.74) is 2.05. The summed E-state index contributed by atoms with van der Waals surface area (Å²) in [6, 6.07) is 14.0. The van der Waals surface area contributed by atoms with E-state index in [1.807, 2.05) is 47.5 Å². The molecule has 0 aliphatic carbocycles.